The highest BCUT2D eigenvalue weighted by Crippen LogP contribution is 2.37. The Labute approximate surface area is 118 Å². The second-order valence-corrected chi connectivity index (χ2v) is 8.66. The average molecular weight is 300 g/mol. The summed E-state index contributed by atoms with van der Waals surface area (Å²) in [5, 5.41) is 5.33. The maximum atomic E-state index is 12.1. The van der Waals surface area contributed by atoms with Crippen molar-refractivity contribution in [3.63, 3.8) is 0 Å². The average Bonchev–Trinajstić information content (AvgIpc) is 3.26. The van der Waals surface area contributed by atoms with Gasteiger partial charge in [-0.05, 0) is 48.1 Å². The first-order valence-electron chi connectivity index (χ1n) is 6.85. The van der Waals surface area contributed by atoms with E-state index in [0.29, 0.717) is 28.6 Å². The van der Waals surface area contributed by atoms with Crippen molar-refractivity contribution in [3.05, 3.63) is 17.0 Å². The molecule has 1 aromatic heterocycles. The van der Waals surface area contributed by atoms with Crippen LogP contribution in [0, 0.1) is 11.8 Å². The van der Waals surface area contributed by atoms with Crippen molar-refractivity contribution in [2.24, 2.45) is 11.8 Å². The molecule has 0 spiro atoms. The van der Waals surface area contributed by atoms with Gasteiger partial charge in [-0.15, -0.1) is 11.3 Å². The van der Waals surface area contributed by atoms with Crippen molar-refractivity contribution >= 4 is 21.4 Å². The summed E-state index contributed by atoms with van der Waals surface area (Å²) in [4.78, 5) is 0. The van der Waals surface area contributed by atoms with Gasteiger partial charge in [-0.25, -0.2) is 13.1 Å². The predicted molar refractivity (Wildman–Crippen MR) is 76.6 cm³/mol. The fraction of sp³-hybridized carbons (Fsp3) is 0.692. The Kier molecular flexibility index (Phi) is 3.68. The quantitative estimate of drug-likeness (QED) is 0.809. The van der Waals surface area contributed by atoms with Crippen molar-refractivity contribution in [2.75, 3.05) is 6.54 Å². The standard InChI is InChI=1S/C13H20N2O2S2/c1-9-4-11(9)7-15-19(16,17)13-5-10(8-18-13)6-14-12-2-3-12/h5,8-9,11-12,14-15H,2-4,6-7H2,1H3. The highest BCUT2D eigenvalue weighted by atomic mass is 32.2. The Bertz CT molecular complexity index is 549. The van der Waals surface area contributed by atoms with Crippen molar-refractivity contribution in [1.29, 1.82) is 0 Å². The number of nitrogens with one attached hydrogen (secondary N) is 2. The van der Waals surface area contributed by atoms with Gasteiger partial charge in [-0.1, -0.05) is 6.92 Å². The fourth-order valence-corrected chi connectivity index (χ4v) is 4.46. The van der Waals surface area contributed by atoms with Gasteiger partial charge in [0.2, 0.25) is 10.0 Å². The molecule has 0 radical (unpaired) electrons. The Balaban J connectivity index is 1.56. The van der Waals surface area contributed by atoms with Crippen LogP contribution >= 0.6 is 11.3 Å². The van der Waals surface area contributed by atoms with E-state index in [0.717, 1.165) is 18.5 Å². The molecule has 0 amide bonds. The molecular formula is C13H20N2O2S2. The van der Waals surface area contributed by atoms with E-state index in [2.05, 4.69) is 17.0 Å². The first-order chi connectivity index (χ1) is 9.04. The summed E-state index contributed by atoms with van der Waals surface area (Å²) in [6.45, 7) is 3.51. The summed E-state index contributed by atoms with van der Waals surface area (Å²) in [6, 6.07) is 2.44. The van der Waals surface area contributed by atoms with E-state index in [4.69, 9.17) is 0 Å². The molecule has 2 saturated carbocycles. The number of rotatable bonds is 7. The largest absolute Gasteiger partial charge is 0.310 e. The van der Waals surface area contributed by atoms with Gasteiger partial charge in [0.15, 0.2) is 0 Å². The van der Waals surface area contributed by atoms with E-state index in [1.54, 1.807) is 6.07 Å². The number of thiophene rings is 1. The summed E-state index contributed by atoms with van der Waals surface area (Å²) >= 11 is 1.31. The normalized spacial score (nSPS) is 26.6. The monoisotopic (exact) mass is 300 g/mol. The van der Waals surface area contributed by atoms with Gasteiger partial charge in [0.1, 0.15) is 4.21 Å². The van der Waals surface area contributed by atoms with Crippen molar-refractivity contribution < 1.29 is 8.42 Å². The van der Waals surface area contributed by atoms with Crippen molar-refractivity contribution in [2.45, 2.75) is 43.0 Å². The summed E-state index contributed by atoms with van der Waals surface area (Å²) in [7, 11) is -3.30. The third-order valence-corrected chi connectivity index (χ3v) is 6.79. The van der Waals surface area contributed by atoms with E-state index in [1.807, 2.05) is 5.38 Å². The molecule has 2 unspecified atom stereocenters. The highest BCUT2D eigenvalue weighted by molar-refractivity contribution is 7.91. The molecule has 1 aromatic rings. The lowest BCUT2D eigenvalue weighted by Gasteiger charge is -2.03. The van der Waals surface area contributed by atoms with Crippen LogP contribution in [0.5, 0.6) is 0 Å². The maximum Gasteiger partial charge on any atom is 0.250 e. The third kappa shape index (κ3) is 3.56. The minimum atomic E-state index is -3.30. The van der Waals surface area contributed by atoms with Gasteiger partial charge in [0, 0.05) is 19.1 Å². The molecule has 2 aliphatic carbocycles. The first kappa shape index (κ1) is 13.5. The molecule has 2 N–H and O–H groups in total. The van der Waals surface area contributed by atoms with E-state index in [1.165, 1.54) is 24.2 Å². The van der Waals surface area contributed by atoms with Crippen LogP contribution in [0.15, 0.2) is 15.7 Å². The van der Waals surface area contributed by atoms with Crippen LogP contribution < -0.4 is 10.0 Å². The van der Waals surface area contributed by atoms with Crippen LogP contribution in [0.1, 0.15) is 31.7 Å². The van der Waals surface area contributed by atoms with Crippen LogP contribution in [0.4, 0.5) is 0 Å². The number of hydrogen-bond donors (Lipinski definition) is 2. The van der Waals surface area contributed by atoms with Crippen LogP contribution in [-0.4, -0.2) is 21.0 Å². The van der Waals surface area contributed by atoms with Gasteiger partial charge < -0.3 is 5.32 Å². The second kappa shape index (κ2) is 5.16. The molecule has 0 aromatic carbocycles. The SMILES string of the molecule is CC1CC1CNS(=O)(=O)c1cc(CNC2CC2)cs1. The summed E-state index contributed by atoms with van der Waals surface area (Å²) in [5.74, 6) is 1.20. The zero-order valence-corrected chi connectivity index (χ0v) is 12.7. The molecule has 0 bridgehead atoms. The molecule has 2 aliphatic rings. The third-order valence-electron chi connectivity index (χ3n) is 3.88. The first-order valence-corrected chi connectivity index (χ1v) is 9.21. The smallest absolute Gasteiger partial charge is 0.250 e. The Morgan fingerprint density at radius 2 is 2.16 bits per heavy atom. The number of sulfonamides is 1. The highest BCUT2D eigenvalue weighted by Gasteiger charge is 2.33. The van der Waals surface area contributed by atoms with Crippen LogP contribution in [0.2, 0.25) is 0 Å². The van der Waals surface area contributed by atoms with E-state index < -0.39 is 10.0 Å². The fourth-order valence-electron chi connectivity index (χ4n) is 2.11. The molecule has 3 rings (SSSR count). The summed E-state index contributed by atoms with van der Waals surface area (Å²) in [5.41, 5.74) is 1.07. The minimum Gasteiger partial charge on any atom is -0.310 e. The molecule has 106 valence electrons. The Morgan fingerprint density at radius 1 is 1.42 bits per heavy atom. The van der Waals surface area contributed by atoms with E-state index >= 15 is 0 Å². The molecular weight excluding hydrogens is 280 g/mol. The Morgan fingerprint density at radius 3 is 2.79 bits per heavy atom. The van der Waals surface area contributed by atoms with E-state index in [9.17, 15) is 8.42 Å². The van der Waals surface area contributed by atoms with Crippen LogP contribution in [-0.2, 0) is 16.6 Å². The molecule has 1 heterocycles. The molecule has 19 heavy (non-hydrogen) atoms. The second-order valence-electron chi connectivity index (χ2n) is 5.75. The maximum absolute atomic E-state index is 12.1. The lowest BCUT2D eigenvalue weighted by molar-refractivity contribution is 0.576. The molecule has 0 aliphatic heterocycles. The minimum absolute atomic E-state index is 0.438. The Hall–Kier alpha value is -0.430. The topological polar surface area (TPSA) is 58.2 Å². The zero-order valence-electron chi connectivity index (χ0n) is 11.1. The summed E-state index contributed by atoms with van der Waals surface area (Å²) < 4.78 is 27.4. The number of hydrogen-bond acceptors (Lipinski definition) is 4. The van der Waals surface area contributed by atoms with Gasteiger partial charge in [0.05, 0.1) is 0 Å². The van der Waals surface area contributed by atoms with E-state index in [-0.39, 0.29) is 0 Å². The van der Waals surface area contributed by atoms with Crippen molar-refractivity contribution in [1.82, 2.24) is 10.0 Å². The zero-order chi connectivity index (χ0) is 13.5. The van der Waals surface area contributed by atoms with Crippen LogP contribution in [0.25, 0.3) is 0 Å². The lowest BCUT2D eigenvalue weighted by Crippen LogP contribution is -2.25. The predicted octanol–water partition coefficient (Wildman–Crippen LogP) is 1.93. The van der Waals surface area contributed by atoms with Gasteiger partial charge in [0.25, 0.3) is 0 Å². The van der Waals surface area contributed by atoms with Gasteiger partial charge in [-0.3, -0.25) is 0 Å². The van der Waals surface area contributed by atoms with Gasteiger partial charge >= 0.3 is 0 Å². The molecule has 2 atom stereocenters. The van der Waals surface area contributed by atoms with Crippen molar-refractivity contribution in [3.8, 4) is 0 Å². The molecule has 4 nitrogen and oxygen atoms in total. The van der Waals surface area contributed by atoms with Crippen LogP contribution in [0.3, 0.4) is 0 Å². The van der Waals surface area contributed by atoms with Gasteiger partial charge in [-0.2, -0.15) is 0 Å². The molecule has 0 saturated heterocycles. The lowest BCUT2D eigenvalue weighted by atomic mass is 10.3. The molecule has 6 heteroatoms. The molecule has 2 fully saturated rings. The summed E-state index contributed by atoms with van der Waals surface area (Å²) in [6.07, 6.45) is 3.64.